The van der Waals surface area contributed by atoms with Crippen molar-refractivity contribution in [3.63, 3.8) is 0 Å². The minimum Gasteiger partial charge on any atom is -0.478 e. The average molecular weight is 413 g/mol. The van der Waals surface area contributed by atoms with Crippen LogP contribution in [0.15, 0.2) is 24.3 Å². The summed E-state index contributed by atoms with van der Waals surface area (Å²) in [4.78, 5) is 25.8. The van der Waals surface area contributed by atoms with Crippen molar-refractivity contribution >= 4 is 36.7 Å². The van der Waals surface area contributed by atoms with E-state index in [4.69, 9.17) is 5.11 Å². The molecule has 1 aromatic carbocycles. The molecule has 2 aliphatic rings. The van der Waals surface area contributed by atoms with Gasteiger partial charge in [-0.2, -0.15) is 5.10 Å². The number of nitrogens with one attached hydrogen (secondary N) is 2. The number of fused-ring (bicyclic) bond motifs is 1. The van der Waals surface area contributed by atoms with Gasteiger partial charge in [0.2, 0.25) is 0 Å². The van der Waals surface area contributed by atoms with Crippen molar-refractivity contribution in [1.29, 1.82) is 0 Å². The lowest BCUT2D eigenvalue weighted by atomic mass is 10.00. The van der Waals surface area contributed by atoms with Gasteiger partial charge in [0.15, 0.2) is 0 Å². The van der Waals surface area contributed by atoms with Crippen molar-refractivity contribution in [2.45, 2.75) is 31.3 Å². The number of nitrogens with zero attached hydrogens (tertiary/aromatic N) is 2. The van der Waals surface area contributed by atoms with E-state index in [9.17, 15) is 9.59 Å². The maximum atomic E-state index is 13.0. The first-order valence-electron chi connectivity index (χ1n) is 8.42. The minimum absolute atomic E-state index is 0. The molecule has 4 rings (SSSR count). The van der Waals surface area contributed by atoms with Crippen molar-refractivity contribution in [2.75, 3.05) is 13.6 Å². The van der Waals surface area contributed by atoms with Gasteiger partial charge in [-0.15, -0.1) is 24.8 Å². The maximum absolute atomic E-state index is 13.0. The Morgan fingerprint density at radius 2 is 1.85 bits per heavy atom. The Hall–Kier alpha value is -2.09. The van der Waals surface area contributed by atoms with Crippen LogP contribution in [0.25, 0.3) is 0 Å². The molecule has 1 amide bonds. The largest absolute Gasteiger partial charge is 0.478 e. The number of carbonyl (C=O) groups excluding carboxylic acids is 1. The Balaban J connectivity index is 0.00000131. The summed E-state index contributed by atoms with van der Waals surface area (Å²) in [7, 11) is 1.81. The number of amides is 1. The first-order chi connectivity index (χ1) is 12.0. The zero-order valence-electron chi connectivity index (χ0n) is 14.8. The summed E-state index contributed by atoms with van der Waals surface area (Å²) in [6.07, 6.45) is 2.57. The van der Waals surface area contributed by atoms with E-state index in [2.05, 4.69) is 15.5 Å². The van der Waals surface area contributed by atoms with Gasteiger partial charge < -0.3 is 15.3 Å². The smallest absolute Gasteiger partial charge is 0.335 e. The highest BCUT2D eigenvalue weighted by Gasteiger charge is 2.50. The predicted octanol–water partition coefficient (Wildman–Crippen LogP) is 2.36. The lowest BCUT2D eigenvalue weighted by Gasteiger charge is -2.29. The number of H-pyrrole nitrogens is 1. The van der Waals surface area contributed by atoms with E-state index in [1.165, 1.54) is 0 Å². The van der Waals surface area contributed by atoms with Gasteiger partial charge in [0.25, 0.3) is 5.91 Å². The van der Waals surface area contributed by atoms with Crippen molar-refractivity contribution in [1.82, 2.24) is 20.4 Å². The van der Waals surface area contributed by atoms with Gasteiger partial charge in [-0.25, -0.2) is 4.79 Å². The summed E-state index contributed by atoms with van der Waals surface area (Å²) in [5.41, 5.74) is 3.35. The summed E-state index contributed by atoms with van der Waals surface area (Å²) >= 11 is 0. The lowest BCUT2D eigenvalue weighted by Crippen LogP contribution is -2.38. The standard InChI is InChI=1S/C18H20N4O3.2ClH/c1-22(16(23)15-13-10-19-9-6-14(13)20-21-15)18(7-8-18)12-4-2-11(3-5-12)17(24)25;;/h2-5,19H,6-10H2,1H3,(H,20,21)(H,24,25);2*1H. The van der Waals surface area contributed by atoms with E-state index in [1.54, 1.807) is 17.0 Å². The van der Waals surface area contributed by atoms with Gasteiger partial charge in [-0.05, 0) is 30.5 Å². The van der Waals surface area contributed by atoms with Crippen molar-refractivity contribution in [3.05, 3.63) is 52.3 Å². The molecule has 3 N–H and O–H groups in total. The number of aromatic carboxylic acids is 1. The highest BCUT2D eigenvalue weighted by Crippen LogP contribution is 2.50. The van der Waals surface area contributed by atoms with Crippen molar-refractivity contribution in [3.8, 4) is 0 Å². The van der Waals surface area contributed by atoms with E-state index in [0.717, 1.165) is 42.6 Å². The number of carbonyl (C=O) groups is 2. The number of carboxylic acid groups (broad SMARTS) is 1. The molecular weight excluding hydrogens is 391 g/mol. The first kappa shape index (κ1) is 21.2. The third kappa shape index (κ3) is 3.54. The monoisotopic (exact) mass is 412 g/mol. The van der Waals surface area contributed by atoms with Crippen LogP contribution in [0.5, 0.6) is 0 Å². The zero-order valence-corrected chi connectivity index (χ0v) is 16.5. The van der Waals surface area contributed by atoms with Gasteiger partial charge in [0, 0.05) is 32.1 Å². The highest BCUT2D eigenvalue weighted by molar-refractivity contribution is 5.95. The summed E-state index contributed by atoms with van der Waals surface area (Å²) in [6.45, 7) is 1.53. The normalized spacial score (nSPS) is 16.3. The van der Waals surface area contributed by atoms with Crippen LogP contribution in [0.1, 0.15) is 50.5 Å². The fourth-order valence-electron chi connectivity index (χ4n) is 3.62. The Morgan fingerprint density at radius 3 is 2.44 bits per heavy atom. The molecule has 9 heteroatoms. The number of aromatic amines is 1. The molecule has 7 nitrogen and oxygen atoms in total. The third-order valence-corrected chi connectivity index (χ3v) is 5.35. The number of hydrogen-bond acceptors (Lipinski definition) is 4. The summed E-state index contributed by atoms with van der Waals surface area (Å²) in [5, 5.41) is 19.5. The van der Waals surface area contributed by atoms with Gasteiger partial charge in [-0.1, -0.05) is 12.1 Å². The maximum Gasteiger partial charge on any atom is 0.335 e. The molecule has 0 unspecified atom stereocenters. The van der Waals surface area contributed by atoms with E-state index in [1.807, 2.05) is 19.2 Å². The Morgan fingerprint density at radius 1 is 1.19 bits per heavy atom. The summed E-state index contributed by atoms with van der Waals surface area (Å²) in [5.74, 6) is -1.02. The SMILES string of the molecule is CN(C(=O)c1[nH]nc2c1CNCC2)C1(c2ccc(C(=O)O)cc2)CC1.Cl.Cl. The number of benzene rings is 1. The second-order valence-electron chi connectivity index (χ2n) is 6.73. The van der Waals surface area contributed by atoms with Gasteiger partial charge in [0.05, 0.1) is 16.8 Å². The van der Waals surface area contributed by atoms with Crippen LogP contribution in [0.2, 0.25) is 0 Å². The van der Waals surface area contributed by atoms with Crippen LogP contribution in [-0.2, 0) is 18.5 Å². The topological polar surface area (TPSA) is 98.3 Å². The highest BCUT2D eigenvalue weighted by atomic mass is 35.5. The molecule has 2 heterocycles. The van der Waals surface area contributed by atoms with Crippen LogP contribution in [0.3, 0.4) is 0 Å². The molecule has 0 radical (unpaired) electrons. The van der Waals surface area contributed by atoms with Crippen LogP contribution in [-0.4, -0.2) is 45.7 Å². The molecule has 1 aliphatic carbocycles. The zero-order chi connectivity index (χ0) is 17.6. The van der Waals surface area contributed by atoms with E-state index in [-0.39, 0.29) is 41.8 Å². The molecule has 0 atom stereocenters. The number of halogens is 2. The van der Waals surface area contributed by atoms with Crippen LogP contribution in [0, 0.1) is 0 Å². The predicted molar refractivity (Wildman–Crippen MR) is 105 cm³/mol. The average Bonchev–Trinajstić information content (AvgIpc) is 3.34. The van der Waals surface area contributed by atoms with E-state index < -0.39 is 5.97 Å². The molecule has 1 fully saturated rings. The van der Waals surface area contributed by atoms with Gasteiger partial charge in [0.1, 0.15) is 5.69 Å². The Labute approximate surface area is 169 Å². The van der Waals surface area contributed by atoms with Crippen molar-refractivity contribution < 1.29 is 14.7 Å². The number of carboxylic acids is 1. The van der Waals surface area contributed by atoms with Gasteiger partial charge >= 0.3 is 5.97 Å². The molecule has 27 heavy (non-hydrogen) atoms. The van der Waals surface area contributed by atoms with Crippen LogP contribution in [0.4, 0.5) is 0 Å². The van der Waals surface area contributed by atoms with E-state index in [0.29, 0.717) is 12.2 Å². The summed E-state index contributed by atoms with van der Waals surface area (Å²) < 4.78 is 0. The van der Waals surface area contributed by atoms with Gasteiger partial charge in [-0.3, -0.25) is 9.89 Å². The molecule has 0 bridgehead atoms. The fourth-order valence-corrected chi connectivity index (χ4v) is 3.62. The lowest BCUT2D eigenvalue weighted by molar-refractivity contribution is 0.0684. The number of rotatable bonds is 4. The number of hydrogen-bond donors (Lipinski definition) is 3. The summed E-state index contributed by atoms with van der Waals surface area (Å²) in [6, 6.07) is 6.81. The molecular formula is C18H22Cl2N4O3. The second kappa shape index (κ2) is 7.88. The molecule has 146 valence electrons. The molecule has 1 aliphatic heterocycles. The first-order valence-corrected chi connectivity index (χ1v) is 8.42. The Kier molecular flexibility index (Phi) is 6.19. The van der Waals surface area contributed by atoms with E-state index >= 15 is 0 Å². The quantitative estimate of drug-likeness (QED) is 0.715. The number of aromatic nitrogens is 2. The molecule has 0 saturated heterocycles. The minimum atomic E-state index is -0.947. The Bertz CT molecular complexity index is 847. The van der Waals surface area contributed by atoms with Crippen LogP contribution >= 0.6 is 24.8 Å². The van der Waals surface area contributed by atoms with Crippen molar-refractivity contribution in [2.24, 2.45) is 0 Å². The molecule has 1 saturated carbocycles. The third-order valence-electron chi connectivity index (χ3n) is 5.35. The molecule has 0 spiro atoms. The second-order valence-corrected chi connectivity index (χ2v) is 6.73. The van der Waals surface area contributed by atoms with Crippen LogP contribution < -0.4 is 5.32 Å². The molecule has 1 aromatic heterocycles. The molecule has 2 aromatic rings. The fraction of sp³-hybridized carbons (Fsp3) is 0.389.